The summed E-state index contributed by atoms with van der Waals surface area (Å²) in [5, 5.41) is 15.7. The Bertz CT molecular complexity index is 1730. The van der Waals surface area contributed by atoms with Gasteiger partial charge in [-0.3, -0.25) is 9.03 Å². The summed E-state index contributed by atoms with van der Waals surface area (Å²) in [5.41, 5.74) is 2.61. The quantitative estimate of drug-likeness (QED) is 0.196. The number of methoxy groups -OCH3 is 2. The lowest BCUT2D eigenvalue weighted by Gasteiger charge is -2.21. The van der Waals surface area contributed by atoms with Crippen LogP contribution in [0.4, 0.5) is 11.4 Å². The van der Waals surface area contributed by atoms with Gasteiger partial charge in [0.05, 0.1) is 50.4 Å². The van der Waals surface area contributed by atoms with E-state index in [0.717, 1.165) is 18.2 Å². The van der Waals surface area contributed by atoms with Crippen molar-refractivity contribution in [3.05, 3.63) is 108 Å². The van der Waals surface area contributed by atoms with Crippen LogP contribution in [0.5, 0.6) is 0 Å². The van der Waals surface area contributed by atoms with Crippen molar-refractivity contribution in [3.8, 4) is 0 Å². The average molecular weight is 724 g/mol. The van der Waals surface area contributed by atoms with Crippen molar-refractivity contribution in [1.29, 1.82) is 0 Å². The van der Waals surface area contributed by atoms with Crippen LogP contribution >= 0.6 is 15.9 Å². The predicted octanol–water partition coefficient (Wildman–Crippen LogP) is 3.45. The van der Waals surface area contributed by atoms with Crippen LogP contribution in [0.1, 0.15) is 32.4 Å². The number of ether oxygens (including phenoxy) is 2. The molecule has 2 heterocycles. The molecule has 0 spiro atoms. The van der Waals surface area contributed by atoms with Gasteiger partial charge in [-0.25, -0.2) is 26.4 Å². The molecule has 0 saturated carbocycles. The number of carbonyl (C=O) groups is 2. The van der Waals surface area contributed by atoms with Gasteiger partial charge in [0, 0.05) is 11.0 Å². The number of hydrogen-bond acceptors (Lipinski definition) is 12. The number of alkyl halides is 1. The molecule has 0 aliphatic heterocycles. The van der Waals surface area contributed by atoms with E-state index in [4.69, 9.17) is 0 Å². The summed E-state index contributed by atoms with van der Waals surface area (Å²) in [6.07, 6.45) is 2.25. The highest BCUT2D eigenvalue weighted by Crippen LogP contribution is 2.19. The topological polar surface area (TPSA) is 188 Å². The molecule has 2 aromatic heterocycles. The van der Waals surface area contributed by atoms with Gasteiger partial charge in [-0.2, -0.15) is 10.2 Å². The summed E-state index contributed by atoms with van der Waals surface area (Å²) in [4.78, 5) is 22.2. The Balaban J connectivity index is 0.000000259. The van der Waals surface area contributed by atoms with Gasteiger partial charge in [0.1, 0.15) is 0 Å². The largest absolute Gasteiger partial charge is 0.464 e. The number of halogens is 1. The standard InChI is InChI=1S/C14H15N3O4S.C7H7BrN2O2.C7H9NO2S/c1-21-14(18)13-9-8-11(15-16-13)10-17(22(2,19)20)12-6-4-3-5-7-12;1-12-7(11)6-3-2-5(4-8)9-10-6;1-11(9,10)8-7-5-3-2-4-6-7/h3-9H,10H2,1-2H3;2-3H,4H2,1H3;2-6,8H,1H3. The average Bonchev–Trinajstić information content (AvgIpc) is 3.03. The third-order valence-electron chi connectivity index (χ3n) is 5.19. The van der Waals surface area contributed by atoms with E-state index < -0.39 is 32.0 Å². The number of esters is 2. The Kier molecular flexibility index (Phi) is 14.5. The highest BCUT2D eigenvalue weighted by atomic mass is 79.9. The van der Waals surface area contributed by atoms with Crippen molar-refractivity contribution in [2.45, 2.75) is 11.9 Å². The minimum atomic E-state index is -3.47. The molecule has 45 heavy (non-hydrogen) atoms. The summed E-state index contributed by atoms with van der Waals surface area (Å²) in [5.74, 6) is -1.06. The zero-order valence-corrected chi connectivity index (χ0v) is 27.9. The molecule has 1 N–H and O–H groups in total. The number of rotatable bonds is 9. The number of aromatic nitrogens is 4. The second-order valence-electron chi connectivity index (χ2n) is 8.78. The van der Waals surface area contributed by atoms with Crippen LogP contribution < -0.4 is 9.03 Å². The Morgan fingerprint density at radius 1 is 0.711 bits per heavy atom. The maximum atomic E-state index is 12.0. The van der Waals surface area contributed by atoms with Gasteiger partial charge < -0.3 is 9.47 Å². The van der Waals surface area contributed by atoms with E-state index in [1.54, 1.807) is 72.8 Å². The molecule has 14 nitrogen and oxygen atoms in total. The number of nitrogens with zero attached hydrogens (tertiary/aromatic N) is 5. The molecule has 0 unspecified atom stereocenters. The molecule has 4 aromatic rings. The second kappa shape index (κ2) is 17.7. The lowest BCUT2D eigenvalue weighted by Crippen LogP contribution is -2.29. The van der Waals surface area contributed by atoms with Crippen molar-refractivity contribution >= 4 is 59.3 Å². The second-order valence-corrected chi connectivity index (χ2v) is 13.0. The van der Waals surface area contributed by atoms with Crippen LogP contribution in [-0.2, 0) is 41.4 Å². The molecular formula is C28H31BrN6O8S2. The Morgan fingerprint density at radius 2 is 1.18 bits per heavy atom. The molecule has 0 aliphatic carbocycles. The SMILES string of the molecule is COC(=O)c1ccc(CBr)nn1.COC(=O)c1ccc(CN(c2ccccc2)S(C)(=O)=O)nn1.CS(=O)(=O)Nc1ccccc1. The zero-order valence-electron chi connectivity index (χ0n) is 24.7. The van der Waals surface area contributed by atoms with E-state index in [1.165, 1.54) is 24.6 Å². The number of nitrogens with one attached hydrogen (secondary N) is 1. The predicted molar refractivity (Wildman–Crippen MR) is 172 cm³/mol. The number of para-hydroxylation sites is 2. The van der Waals surface area contributed by atoms with Crippen molar-refractivity contribution in [2.24, 2.45) is 0 Å². The van der Waals surface area contributed by atoms with Gasteiger partial charge in [-0.05, 0) is 48.5 Å². The van der Waals surface area contributed by atoms with E-state index >= 15 is 0 Å². The summed E-state index contributed by atoms with van der Waals surface area (Å²) in [6.45, 7) is 0.0251. The molecule has 2 aromatic carbocycles. The molecule has 0 atom stereocenters. The molecule has 0 fully saturated rings. The Labute approximate surface area is 270 Å². The van der Waals surface area contributed by atoms with Crippen LogP contribution in [0.3, 0.4) is 0 Å². The first-order chi connectivity index (χ1) is 21.3. The number of hydrogen-bond donors (Lipinski definition) is 1. The monoisotopic (exact) mass is 722 g/mol. The van der Waals surface area contributed by atoms with E-state index in [-0.39, 0.29) is 17.9 Å². The van der Waals surface area contributed by atoms with Crippen molar-refractivity contribution in [2.75, 3.05) is 35.8 Å². The van der Waals surface area contributed by atoms with Crippen LogP contribution in [-0.4, -0.2) is 75.9 Å². The summed E-state index contributed by atoms with van der Waals surface area (Å²) < 4.78 is 57.9. The first-order valence-electron chi connectivity index (χ1n) is 12.7. The van der Waals surface area contributed by atoms with E-state index in [2.05, 4.69) is 50.5 Å². The molecular weight excluding hydrogens is 692 g/mol. The van der Waals surface area contributed by atoms with Crippen LogP contribution in [0.2, 0.25) is 0 Å². The molecule has 4 rings (SSSR count). The number of sulfonamides is 2. The third kappa shape index (κ3) is 13.4. The van der Waals surface area contributed by atoms with Crippen LogP contribution in [0, 0.1) is 0 Å². The third-order valence-corrected chi connectivity index (χ3v) is 7.51. The van der Waals surface area contributed by atoms with Gasteiger partial charge in [-0.1, -0.05) is 52.3 Å². The van der Waals surface area contributed by atoms with Gasteiger partial charge in [0.2, 0.25) is 20.0 Å². The Hall–Kier alpha value is -4.48. The smallest absolute Gasteiger partial charge is 0.358 e. The fourth-order valence-electron chi connectivity index (χ4n) is 3.16. The van der Waals surface area contributed by atoms with Crippen molar-refractivity contribution in [3.63, 3.8) is 0 Å². The maximum absolute atomic E-state index is 12.0. The highest BCUT2D eigenvalue weighted by Gasteiger charge is 2.19. The summed E-state index contributed by atoms with van der Waals surface area (Å²) >= 11 is 3.22. The molecule has 0 saturated heterocycles. The number of anilines is 2. The first kappa shape index (κ1) is 36.7. The normalized spacial score (nSPS) is 10.6. The Morgan fingerprint density at radius 3 is 1.56 bits per heavy atom. The molecule has 0 aliphatic rings. The molecule has 0 bridgehead atoms. The molecule has 240 valence electrons. The van der Waals surface area contributed by atoms with Crippen LogP contribution in [0.15, 0.2) is 84.9 Å². The highest BCUT2D eigenvalue weighted by molar-refractivity contribution is 9.08. The van der Waals surface area contributed by atoms with Gasteiger partial charge in [0.15, 0.2) is 11.4 Å². The van der Waals surface area contributed by atoms with Crippen molar-refractivity contribution in [1.82, 2.24) is 20.4 Å². The zero-order chi connectivity index (χ0) is 33.5. The molecule has 0 amide bonds. The minimum Gasteiger partial charge on any atom is -0.464 e. The lowest BCUT2D eigenvalue weighted by atomic mass is 10.3. The summed E-state index contributed by atoms with van der Waals surface area (Å²) in [6, 6.07) is 23.7. The van der Waals surface area contributed by atoms with Gasteiger partial charge in [-0.15, -0.1) is 10.2 Å². The van der Waals surface area contributed by atoms with Gasteiger partial charge in [0.25, 0.3) is 0 Å². The van der Waals surface area contributed by atoms with E-state index in [1.807, 2.05) is 6.07 Å². The van der Waals surface area contributed by atoms with E-state index in [9.17, 15) is 26.4 Å². The number of carbonyl (C=O) groups excluding carboxylic acids is 2. The molecule has 17 heteroatoms. The number of benzene rings is 2. The van der Waals surface area contributed by atoms with E-state index in [0.29, 0.717) is 22.4 Å². The maximum Gasteiger partial charge on any atom is 0.358 e. The van der Waals surface area contributed by atoms with Gasteiger partial charge >= 0.3 is 11.9 Å². The fraction of sp³-hybridized carbons (Fsp3) is 0.214. The first-order valence-corrected chi connectivity index (χ1v) is 17.6. The minimum absolute atomic E-state index is 0.0251. The summed E-state index contributed by atoms with van der Waals surface area (Å²) in [7, 11) is -4.04. The fourth-order valence-corrected chi connectivity index (χ4v) is 4.90. The molecule has 0 radical (unpaired) electrons. The van der Waals surface area contributed by atoms with Crippen molar-refractivity contribution < 1.29 is 35.9 Å². The van der Waals surface area contributed by atoms with Crippen LogP contribution in [0.25, 0.3) is 0 Å². The lowest BCUT2D eigenvalue weighted by molar-refractivity contribution is 0.0584.